The molecule has 0 atom stereocenters. The van der Waals surface area contributed by atoms with E-state index < -0.39 is 0 Å². The van der Waals surface area contributed by atoms with Gasteiger partial charge in [0, 0.05) is 37.1 Å². The Labute approximate surface area is 113 Å². The van der Waals surface area contributed by atoms with Gasteiger partial charge in [0.2, 0.25) is 5.91 Å². The van der Waals surface area contributed by atoms with E-state index in [2.05, 4.69) is 17.1 Å². The van der Waals surface area contributed by atoms with Crippen LogP contribution in [0.1, 0.15) is 24.8 Å². The molecule has 0 unspecified atom stereocenters. The van der Waals surface area contributed by atoms with Crippen LogP contribution in [0.5, 0.6) is 0 Å². The fourth-order valence-electron chi connectivity index (χ4n) is 2.56. The smallest absolute Gasteiger partial charge is 0.222 e. The van der Waals surface area contributed by atoms with Crippen molar-refractivity contribution < 1.29 is 4.79 Å². The number of rotatable bonds is 5. The molecule has 3 rings (SSSR count). The lowest BCUT2D eigenvalue weighted by molar-refractivity contribution is -0.130. The second-order valence-corrected chi connectivity index (χ2v) is 5.58. The number of fused-ring (bicyclic) bond motifs is 1. The number of carbonyl (C=O) groups is 1. The molecule has 1 aliphatic rings. The van der Waals surface area contributed by atoms with E-state index in [-0.39, 0.29) is 5.91 Å². The predicted octanol–water partition coefficient (Wildman–Crippen LogP) is 2.97. The van der Waals surface area contributed by atoms with Gasteiger partial charge in [0.25, 0.3) is 0 Å². The third-order valence-electron chi connectivity index (χ3n) is 3.94. The van der Waals surface area contributed by atoms with Crippen molar-refractivity contribution in [3.8, 4) is 0 Å². The maximum Gasteiger partial charge on any atom is 0.222 e. The standard InChI is InChI=1S/C16H20N2O/c1-18(11-12-6-7-12)16(19)9-8-13-10-17-15-5-3-2-4-14(13)15/h2-5,10,12,17H,6-9,11H2,1H3. The van der Waals surface area contributed by atoms with Gasteiger partial charge in [-0.25, -0.2) is 0 Å². The molecular weight excluding hydrogens is 236 g/mol. The van der Waals surface area contributed by atoms with Crippen molar-refractivity contribution in [1.29, 1.82) is 0 Å². The first-order valence-corrected chi connectivity index (χ1v) is 7.03. The average molecular weight is 256 g/mol. The average Bonchev–Trinajstić information content (AvgIpc) is 3.14. The molecule has 1 N–H and O–H groups in total. The summed E-state index contributed by atoms with van der Waals surface area (Å²) in [6, 6.07) is 8.25. The van der Waals surface area contributed by atoms with E-state index in [1.165, 1.54) is 23.8 Å². The number of nitrogens with zero attached hydrogens (tertiary/aromatic N) is 1. The molecule has 3 nitrogen and oxygen atoms in total. The van der Waals surface area contributed by atoms with E-state index in [0.29, 0.717) is 6.42 Å². The number of hydrogen-bond donors (Lipinski definition) is 1. The number of aryl methyl sites for hydroxylation is 1. The molecule has 0 bridgehead atoms. The van der Waals surface area contributed by atoms with Crippen LogP contribution in [0.2, 0.25) is 0 Å². The van der Waals surface area contributed by atoms with Gasteiger partial charge in [-0.2, -0.15) is 0 Å². The third kappa shape index (κ3) is 2.80. The fourth-order valence-corrected chi connectivity index (χ4v) is 2.56. The van der Waals surface area contributed by atoms with E-state index in [1.54, 1.807) is 0 Å². The normalized spacial score (nSPS) is 14.8. The lowest BCUT2D eigenvalue weighted by Gasteiger charge is -2.16. The zero-order valence-corrected chi connectivity index (χ0v) is 11.4. The molecular formula is C16H20N2O. The highest BCUT2D eigenvalue weighted by Crippen LogP contribution is 2.29. The van der Waals surface area contributed by atoms with Crippen LogP contribution in [0.3, 0.4) is 0 Å². The van der Waals surface area contributed by atoms with E-state index in [9.17, 15) is 4.79 Å². The lowest BCUT2D eigenvalue weighted by Crippen LogP contribution is -2.28. The predicted molar refractivity (Wildman–Crippen MR) is 77.0 cm³/mol. The van der Waals surface area contributed by atoms with Crippen LogP contribution in [-0.4, -0.2) is 29.4 Å². The minimum Gasteiger partial charge on any atom is -0.361 e. The molecule has 2 aromatic rings. The summed E-state index contributed by atoms with van der Waals surface area (Å²) in [5.74, 6) is 1.03. The Bertz CT molecular complexity index is 583. The SMILES string of the molecule is CN(CC1CC1)C(=O)CCc1c[nH]c2ccccc12. The molecule has 0 saturated heterocycles. The fraction of sp³-hybridized carbons (Fsp3) is 0.438. The quantitative estimate of drug-likeness (QED) is 0.877. The summed E-state index contributed by atoms with van der Waals surface area (Å²) in [6.45, 7) is 0.937. The number of benzene rings is 1. The Balaban J connectivity index is 1.60. The number of aromatic amines is 1. The zero-order valence-electron chi connectivity index (χ0n) is 11.4. The van der Waals surface area contributed by atoms with E-state index in [1.807, 2.05) is 30.3 Å². The number of para-hydroxylation sites is 1. The van der Waals surface area contributed by atoms with Gasteiger partial charge in [0.15, 0.2) is 0 Å². The first-order chi connectivity index (χ1) is 9.24. The van der Waals surface area contributed by atoms with Crippen LogP contribution in [0.25, 0.3) is 10.9 Å². The molecule has 1 aliphatic carbocycles. The van der Waals surface area contributed by atoms with Gasteiger partial charge in [0.05, 0.1) is 0 Å². The monoisotopic (exact) mass is 256 g/mol. The van der Waals surface area contributed by atoms with Crippen LogP contribution in [-0.2, 0) is 11.2 Å². The van der Waals surface area contributed by atoms with Gasteiger partial charge >= 0.3 is 0 Å². The molecule has 0 radical (unpaired) electrons. The third-order valence-corrected chi connectivity index (χ3v) is 3.94. The summed E-state index contributed by atoms with van der Waals surface area (Å²) in [4.78, 5) is 17.2. The van der Waals surface area contributed by atoms with E-state index in [4.69, 9.17) is 0 Å². The van der Waals surface area contributed by atoms with Crippen LogP contribution >= 0.6 is 0 Å². The maximum atomic E-state index is 12.1. The Morgan fingerprint density at radius 3 is 2.95 bits per heavy atom. The number of amides is 1. The Morgan fingerprint density at radius 2 is 2.16 bits per heavy atom. The molecule has 1 amide bonds. The van der Waals surface area contributed by atoms with Crippen molar-refractivity contribution in [2.75, 3.05) is 13.6 Å². The zero-order chi connectivity index (χ0) is 13.2. The molecule has 1 aromatic heterocycles. The van der Waals surface area contributed by atoms with Gasteiger partial charge in [-0.15, -0.1) is 0 Å². The minimum absolute atomic E-state index is 0.261. The Morgan fingerprint density at radius 1 is 1.37 bits per heavy atom. The summed E-state index contributed by atoms with van der Waals surface area (Å²) in [5, 5.41) is 1.24. The number of hydrogen-bond acceptors (Lipinski definition) is 1. The Hall–Kier alpha value is -1.77. The van der Waals surface area contributed by atoms with Crippen molar-refractivity contribution in [3.63, 3.8) is 0 Å². The van der Waals surface area contributed by atoms with Crippen LogP contribution in [0, 0.1) is 5.92 Å². The number of nitrogens with one attached hydrogen (secondary N) is 1. The highest BCUT2D eigenvalue weighted by atomic mass is 16.2. The molecule has 19 heavy (non-hydrogen) atoms. The second-order valence-electron chi connectivity index (χ2n) is 5.58. The topological polar surface area (TPSA) is 36.1 Å². The van der Waals surface area contributed by atoms with Gasteiger partial charge < -0.3 is 9.88 Å². The summed E-state index contributed by atoms with van der Waals surface area (Å²) < 4.78 is 0. The first kappa shape index (κ1) is 12.3. The number of aromatic nitrogens is 1. The van der Waals surface area contributed by atoms with Crippen molar-refractivity contribution >= 4 is 16.8 Å². The van der Waals surface area contributed by atoms with Gasteiger partial charge in [-0.3, -0.25) is 4.79 Å². The summed E-state index contributed by atoms with van der Waals surface area (Å²) in [5.41, 5.74) is 2.39. The summed E-state index contributed by atoms with van der Waals surface area (Å²) in [7, 11) is 1.93. The first-order valence-electron chi connectivity index (χ1n) is 7.03. The van der Waals surface area contributed by atoms with Gasteiger partial charge in [-0.1, -0.05) is 18.2 Å². The number of H-pyrrole nitrogens is 1. The minimum atomic E-state index is 0.261. The molecule has 1 fully saturated rings. The second kappa shape index (κ2) is 5.08. The maximum absolute atomic E-state index is 12.1. The molecule has 1 saturated carbocycles. The lowest BCUT2D eigenvalue weighted by atomic mass is 10.1. The molecule has 0 spiro atoms. The van der Waals surface area contributed by atoms with Crippen LogP contribution in [0.15, 0.2) is 30.5 Å². The van der Waals surface area contributed by atoms with Crippen LogP contribution in [0.4, 0.5) is 0 Å². The van der Waals surface area contributed by atoms with E-state index in [0.717, 1.165) is 24.4 Å². The summed E-state index contributed by atoms with van der Waals surface area (Å²) in [6.07, 6.45) is 6.03. The van der Waals surface area contributed by atoms with E-state index >= 15 is 0 Å². The molecule has 3 heteroatoms. The molecule has 1 aromatic carbocycles. The largest absolute Gasteiger partial charge is 0.361 e. The van der Waals surface area contributed by atoms with Crippen molar-refractivity contribution in [2.24, 2.45) is 5.92 Å². The highest BCUT2D eigenvalue weighted by Gasteiger charge is 2.24. The molecule has 1 heterocycles. The van der Waals surface area contributed by atoms with Crippen molar-refractivity contribution in [3.05, 3.63) is 36.0 Å². The summed E-state index contributed by atoms with van der Waals surface area (Å²) >= 11 is 0. The molecule has 0 aliphatic heterocycles. The van der Waals surface area contributed by atoms with Gasteiger partial charge in [0.1, 0.15) is 0 Å². The highest BCUT2D eigenvalue weighted by molar-refractivity contribution is 5.84. The van der Waals surface area contributed by atoms with Crippen molar-refractivity contribution in [2.45, 2.75) is 25.7 Å². The van der Waals surface area contributed by atoms with Gasteiger partial charge in [-0.05, 0) is 36.8 Å². The molecule has 100 valence electrons. The number of carbonyl (C=O) groups excluding carboxylic acids is 1. The Kier molecular flexibility index (Phi) is 3.28. The van der Waals surface area contributed by atoms with Crippen molar-refractivity contribution in [1.82, 2.24) is 9.88 Å². The van der Waals surface area contributed by atoms with Crippen LogP contribution < -0.4 is 0 Å².